The van der Waals surface area contributed by atoms with E-state index < -0.39 is 12.1 Å². The average molecular weight is 586 g/mol. The maximum Gasteiger partial charge on any atom is 0.407 e. The summed E-state index contributed by atoms with van der Waals surface area (Å²) in [4.78, 5) is 13.7. The van der Waals surface area contributed by atoms with Gasteiger partial charge in [0, 0.05) is 29.3 Å². The molecule has 0 saturated carbocycles. The summed E-state index contributed by atoms with van der Waals surface area (Å²) in [6, 6.07) is 27.1. The lowest BCUT2D eigenvalue weighted by atomic mass is 9.92. The fourth-order valence-electron chi connectivity index (χ4n) is 5.71. The predicted octanol–water partition coefficient (Wildman–Crippen LogP) is 7.24. The highest BCUT2D eigenvalue weighted by Crippen LogP contribution is 2.39. The number of ether oxygens (including phenoxy) is 5. The van der Waals surface area contributed by atoms with Crippen LogP contribution in [0.5, 0.6) is 17.2 Å². The van der Waals surface area contributed by atoms with Crippen molar-refractivity contribution in [1.82, 2.24) is 4.90 Å². The van der Waals surface area contributed by atoms with E-state index in [0.29, 0.717) is 26.4 Å². The van der Waals surface area contributed by atoms with E-state index in [9.17, 15) is 9.90 Å². The molecule has 5 rings (SSSR count). The first kappa shape index (κ1) is 30.2. The minimum atomic E-state index is -0.959. The Morgan fingerprint density at radius 1 is 0.884 bits per heavy atom. The quantitative estimate of drug-likeness (QED) is 0.166. The second-order valence-corrected chi connectivity index (χ2v) is 10.5. The first-order valence-electron chi connectivity index (χ1n) is 14.7. The number of fused-ring (bicyclic) bond motifs is 1. The van der Waals surface area contributed by atoms with Crippen LogP contribution < -0.4 is 14.2 Å². The van der Waals surface area contributed by atoms with Crippen LogP contribution in [0.4, 0.5) is 4.79 Å². The molecule has 1 fully saturated rings. The normalized spacial score (nSPS) is 16.7. The molecule has 0 bridgehead atoms. The molecule has 2 unspecified atom stereocenters. The lowest BCUT2D eigenvalue weighted by Gasteiger charge is -2.40. The van der Waals surface area contributed by atoms with Crippen molar-refractivity contribution in [3.63, 3.8) is 0 Å². The Balaban J connectivity index is 1.23. The van der Waals surface area contributed by atoms with E-state index in [-0.39, 0.29) is 12.7 Å². The summed E-state index contributed by atoms with van der Waals surface area (Å²) in [5.74, 6) is 2.20. The van der Waals surface area contributed by atoms with Crippen molar-refractivity contribution in [2.75, 3.05) is 34.0 Å². The van der Waals surface area contributed by atoms with E-state index in [0.717, 1.165) is 64.0 Å². The van der Waals surface area contributed by atoms with Crippen LogP contribution in [0.3, 0.4) is 0 Å². The summed E-state index contributed by atoms with van der Waals surface area (Å²) < 4.78 is 29.6. The third kappa shape index (κ3) is 7.39. The van der Waals surface area contributed by atoms with Crippen molar-refractivity contribution < 1.29 is 33.6 Å². The number of hydrogen-bond donors (Lipinski definition) is 1. The van der Waals surface area contributed by atoms with Gasteiger partial charge in [0.05, 0.1) is 52.8 Å². The van der Waals surface area contributed by atoms with Gasteiger partial charge < -0.3 is 28.8 Å². The van der Waals surface area contributed by atoms with Gasteiger partial charge in [-0.05, 0) is 42.2 Å². The van der Waals surface area contributed by atoms with Crippen LogP contribution in [0.25, 0.3) is 10.8 Å². The molecule has 1 aliphatic heterocycles. The first-order chi connectivity index (χ1) is 21.1. The molecule has 1 N–H and O–H groups in total. The van der Waals surface area contributed by atoms with Crippen molar-refractivity contribution in [3.8, 4) is 17.2 Å². The van der Waals surface area contributed by atoms with Crippen LogP contribution in [0.15, 0.2) is 84.9 Å². The van der Waals surface area contributed by atoms with Gasteiger partial charge >= 0.3 is 6.09 Å². The summed E-state index contributed by atoms with van der Waals surface area (Å²) in [6.45, 7) is 2.43. The molecule has 4 aromatic carbocycles. The second-order valence-electron chi connectivity index (χ2n) is 10.5. The topological polar surface area (TPSA) is 86.7 Å². The van der Waals surface area contributed by atoms with Crippen molar-refractivity contribution in [1.29, 1.82) is 0 Å². The molecular formula is C35H39NO7. The third-order valence-electron chi connectivity index (χ3n) is 7.77. The summed E-state index contributed by atoms with van der Waals surface area (Å²) in [5.41, 5.74) is 2.87. The molecule has 0 spiro atoms. The minimum absolute atomic E-state index is 0.256. The highest BCUT2D eigenvalue weighted by molar-refractivity contribution is 5.94. The molecule has 4 aromatic rings. The van der Waals surface area contributed by atoms with Crippen molar-refractivity contribution >= 4 is 16.9 Å². The molecular weight excluding hydrogens is 546 g/mol. The van der Waals surface area contributed by atoms with Crippen molar-refractivity contribution in [3.05, 3.63) is 102 Å². The molecule has 2 atom stereocenters. The Bertz CT molecular complexity index is 1480. The molecule has 1 saturated heterocycles. The fourth-order valence-corrected chi connectivity index (χ4v) is 5.71. The van der Waals surface area contributed by atoms with Crippen molar-refractivity contribution in [2.24, 2.45) is 0 Å². The van der Waals surface area contributed by atoms with Crippen LogP contribution in [-0.4, -0.2) is 56.2 Å². The molecule has 1 aliphatic rings. The minimum Gasteiger partial charge on any atom is -0.496 e. The number of amides is 1. The average Bonchev–Trinajstić information content (AvgIpc) is 3.05. The lowest BCUT2D eigenvalue weighted by Crippen LogP contribution is -2.45. The van der Waals surface area contributed by atoms with Crippen LogP contribution in [0.2, 0.25) is 0 Å². The monoisotopic (exact) mass is 585 g/mol. The molecule has 8 nitrogen and oxygen atoms in total. The van der Waals surface area contributed by atoms with Gasteiger partial charge in [0.25, 0.3) is 0 Å². The SMILES string of the molecule is COc1cc(COC2CCCN(C(=O)O)C2c2ccc(OCCCOCc3ccccc3)cc2)c(OC)c2ccccc12. The molecule has 226 valence electrons. The smallest absolute Gasteiger partial charge is 0.407 e. The van der Waals surface area contributed by atoms with Gasteiger partial charge in [-0.2, -0.15) is 0 Å². The molecule has 1 heterocycles. The summed E-state index contributed by atoms with van der Waals surface area (Å²) >= 11 is 0. The number of likely N-dealkylation sites (tertiary alicyclic amines) is 1. The number of piperidine rings is 1. The Hall–Kier alpha value is -4.27. The van der Waals surface area contributed by atoms with Gasteiger partial charge in [-0.1, -0.05) is 66.7 Å². The second kappa shape index (κ2) is 14.8. The zero-order valence-corrected chi connectivity index (χ0v) is 24.7. The molecule has 0 aromatic heterocycles. The van der Waals surface area contributed by atoms with Crippen LogP contribution in [-0.2, 0) is 22.7 Å². The molecule has 8 heteroatoms. The maximum atomic E-state index is 12.3. The van der Waals surface area contributed by atoms with Gasteiger partial charge in [-0.15, -0.1) is 0 Å². The predicted molar refractivity (Wildman–Crippen MR) is 165 cm³/mol. The number of carbonyl (C=O) groups is 1. The van der Waals surface area contributed by atoms with Gasteiger partial charge in [-0.25, -0.2) is 4.79 Å². The van der Waals surface area contributed by atoms with E-state index in [1.807, 2.05) is 84.9 Å². The molecule has 0 radical (unpaired) electrons. The number of hydrogen-bond acceptors (Lipinski definition) is 6. The van der Waals surface area contributed by atoms with Gasteiger partial charge in [0.15, 0.2) is 0 Å². The zero-order valence-electron chi connectivity index (χ0n) is 24.7. The van der Waals surface area contributed by atoms with Gasteiger partial charge in [0.2, 0.25) is 0 Å². The molecule has 1 amide bonds. The number of benzene rings is 4. The van der Waals surface area contributed by atoms with Crippen LogP contribution >= 0.6 is 0 Å². The Kier molecular flexibility index (Phi) is 10.4. The number of methoxy groups -OCH3 is 2. The molecule has 43 heavy (non-hydrogen) atoms. The highest BCUT2D eigenvalue weighted by atomic mass is 16.5. The fraction of sp³-hybridized carbons (Fsp3) is 0.343. The zero-order chi connectivity index (χ0) is 30.0. The highest BCUT2D eigenvalue weighted by Gasteiger charge is 2.36. The van der Waals surface area contributed by atoms with E-state index in [2.05, 4.69) is 0 Å². The summed E-state index contributed by atoms with van der Waals surface area (Å²) in [5, 5.41) is 12.0. The maximum absolute atomic E-state index is 12.3. The van der Waals surface area contributed by atoms with Crippen LogP contribution in [0, 0.1) is 0 Å². The Labute approximate surface area is 252 Å². The standard InChI is InChI=1S/C35H39NO7/c1-39-32-22-27(34(40-2)30-13-7-6-12-29(30)32)24-43-31-14-8-19-36(35(37)38)33(31)26-15-17-28(18-16-26)42-21-9-20-41-23-25-10-4-3-5-11-25/h3-7,10-13,15-18,22,31,33H,8-9,14,19-21,23-24H2,1-2H3,(H,37,38). The van der Waals surface area contributed by atoms with E-state index in [1.165, 1.54) is 4.90 Å². The lowest BCUT2D eigenvalue weighted by molar-refractivity contribution is -0.0456. The number of carboxylic acid groups (broad SMARTS) is 1. The number of nitrogens with zero attached hydrogens (tertiary/aromatic N) is 1. The molecule has 0 aliphatic carbocycles. The largest absolute Gasteiger partial charge is 0.496 e. The Morgan fingerprint density at radius 3 is 2.35 bits per heavy atom. The third-order valence-corrected chi connectivity index (χ3v) is 7.77. The van der Waals surface area contributed by atoms with E-state index in [1.54, 1.807) is 14.2 Å². The van der Waals surface area contributed by atoms with Crippen LogP contribution in [0.1, 0.15) is 42.0 Å². The van der Waals surface area contributed by atoms with Crippen molar-refractivity contribution in [2.45, 2.75) is 44.6 Å². The van der Waals surface area contributed by atoms with Gasteiger partial charge in [-0.3, -0.25) is 4.90 Å². The summed E-state index contributed by atoms with van der Waals surface area (Å²) in [7, 11) is 3.29. The summed E-state index contributed by atoms with van der Waals surface area (Å²) in [6.07, 6.45) is 0.935. The van der Waals surface area contributed by atoms with Gasteiger partial charge in [0.1, 0.15) is 17.2 Å². The first-order valence-corrected chi connectivity index (χ1v) is 14.7. The number of rotatable bonds is 13. The van der Waals surface area contributed by atoms with E-state index >= 15 is 0 Å². The Morgan fingerprint density at radius 2 is 1.63 bits per heavy atom. The van der Waals surface area contributed by atoms with E-state index in [4.69, 9.17) is 23.7 Å².